The number of alkyl halides is 1. The summed E-state index contributed by atoms with van der Waals surface area (Å²) >= 11 is 13.0. The molecule has 0 aliphatic heterocycles. The average Bonchev–Trinajstić information content (AvgIpc) is 1.30. The highest BCUT2D eigenvalue weighted by atomic mass is 127. The van der Waals surface area contributed by atoms with E-state index in [2.05, 4.69) is 65.4 Å². The lowest BCUT2D eigenvalue weighted by Gasteiger charge is -2.03. The van der Waals surface area contributed by atoms with Crippen LogP contribution in [0, 0.1) is 0 Å². The molecular formula is C2H4ClI3Si. The first-order valence-corrected chi connectivity index (χ1v) is 13.8. The monoisotopic (exact) mass is 472 g/mol. The Bertz CT molecular complexity index is 51.4. The molecule has 0 radical (unpaired) electrons. The maximum absolute atomic E-state index is 5.51. The summed E-state index contributed by atoms with van der Waals surface area (Å²) in [6.45, 7) is 0. The summed E-state index contributed by atoms with van der Waals surface area (Å²) in [7, 11) is 0. The highest BCUT2D eigenvalue weighted by Gasteiger charge is 2.19. The summed E-state index contributed by atoms with van der Waals surface area (Å²) in [5.74, 6) is 0.820. The van der Waals surface area contributed by atoms with E-state index in [1.54, 1.807) is 0 Å². The summed E-state index contributed by atoms with van der Waals surface area (Å²) in [4.78, 5) is 0. The van der Waals surface area contributed by atoms with Gasteiger partial charge in [0.1, 0.15) is 0 Å². The molecule has 0 aliphatic rings. The zero-order valence-electron chi connectivity index (χ0n) is 3.43. The highest BCUT2D eigenvalue weighted by molar-refractivity contribution is 14.4. The molecule has 0 aromatic heterocycles. The Balaban J connectivity index is 3.15. The molecule has 0 aromatic rings. The Morgan fingerprint density at radius 3 is 1.71 bits per heavy atom. The van der Waals surface area contributed by atoms with Crippen molar-refractivity contribution in [3.63, 3.8) is 0 Å². The highest BCUT2D eigenvalue weighted by Crippen LogP contribution is 2.33. The summed E-state index contributed by atoms with van der Waals surface area (Å²) < 4.78 is -0.879. The van der Waals surface area contributed by atoms with E-state index in [9.17, 15) is 0 Å². The van der Waals surface area contributed by atoms with Gasteiger partial charge < -0.3 is 0 Å². The third-order valence-electron chi connectivity index (χ3n) is 0.378. The molecule has 0 saturated carbocycles. The van der Waals surface area contributed by atoms with Crippen LogP contribution in [-0.4, -0.2) is 6.44 Å². The van der Waals surface area contributed by atoms with Crippen molar-refractivity contribution in [3.8, 4) is 0 Å². The molecule has 0 aliphatic carbocycles. The molecule has 0 saturated heterocycles. The number of hydrogen-bond donors (Lipinski definition) is 0. The first kappa shape index (κ1) is 9.70. The Labute approximate surface area is 87.8 Å². The Kier molecular flexibility index (Phi) is 6.24. The van der Waals surface area contributed by atoms with Crippen molar-refractivity contribution in [1.29, 1.82) is 0 Å². The molecule has 0 spiro atoms. The Morgan fingerprint density at radius 2 is 1.71 bits per heavy atom. The molecule has 0 rings (SSSR count). The van der Waals surface area contributed by atoms with Gasteiger partial charge in [-0.1, -0.05) is 65.4 Å². The summed E-state index contributed by atoms with van der Waals surface area (Å²) in [5, 5.41) is 0. The molecular weight excluding hydrogens is 468 g/mol. The van der Waals surface area contributed by atoms with Crippen molar-refractivity contribution < 1.29 is 0 Å². The van der Waals surface area contributed by atoms with Crippen molar-refractivity contribution >= 4 is 77.6 Å². The second-order valence-electron chi connectivity index (χ2n) is 1.05. The second kappa shape index (κ2) is 4.50. The SMILES string of the molecule is ClCC[Si](I)(I)I. The van der Waals surface area contributed by atoms with Gasteiger partial charge in [0.25, 0.3) is 0.564 Å². The Hall–Kier alpha value is 2.70. The van der Waals surface area contributed by atoms with Crippen molar-refractivity contribution in [2.45, 2.75) is 6.04 Å². The lowest BCUT2D eigenvalue weighted by molar-refractivity contribution is 1.48. The van der Waals surface area contributed by atoms with Crippen LogP contribution in [0.2, 0.25) is 6.04 Å². The molecule has 0 aromatic carbocycles. The van der Waals surface area contributed by atoms with E-state index in [1.807, 2.05) is 0 Å². The van der Waals surface area contributed by atoms with Gasteiger partial charge in [0.05, 0.1) is 0 Å². The van der Waals surface area contributed by atoms with Crippen LogP contribution in [0.3, 0.4) is 0 Å². The smallest absolute Gasteiger partial charge is 0.127 e. The van der Waals surface area contributed by atoms with Crippen LogP contribution >= 0.6 is 77.0 Å². The summed E-state index contributed by atoms with van der Waals surface area (Å²) in [6.07, 6.45) is 0. The van der Waals surface area contributed by atoms with E-state index in [0.29, 0.717) is 0 Å². The van der Waals surface area contributed by atoms with Gasteiger partial charge in [-0.2, -0.15) is 0 Å². The normalized spacial score (nSPS) is 12.0. The predicted molar refractivity (Wildman–Crippen MR) is 63.3 cm³/mol. The van der Waals surface area contributed by atoms with E-state index < -0.39 is 0.564 Å². The van der Waals surface area contributed by atoms with E-state index >= 15 is 0 Å². The standard InChI is InChI=1S/C2H4ClI3Si/c3-1-2-7(4,5)6/h1-2H2. The lowest BCUT2D eigenvalue weighted by atomic mass is 11.0. The minimum Gasteiger partial charge on any atom is -0.127 e. The first-order valence-electron chi connectivity index (χ1n) is 1.69. The van der Waals surface area contributed by atoms with Gasteiger partial charge in [-0.05, 0) is 6.04 Å². The molecule has 44 valence electrons. The van der Waals surface area contributed by atoms with Gasteiger partial charge in [0.15, 0.2) is 0 Å². The van der Waals surface area contributed by atoms with Gasteiger partial charge in [-0.25, -0.2) is 0 Å². The zero-order chi connectivity index (χ0) is 5.91. The summed E-state index contributed by atoms with van der Waals surface area (Å²) in [5.41, 5.74) is 0. The van der Waals surface area contributed by atoms with Gasteiger partial charge >= 0.3 is 0 Å². The molecule has 0 N–H and O–H groups in total. The fourth-order valence-corrected chi connectivity index (χ4v) is 6.47. The number of rotatable bonds is 2. The van der Waals surface area contributed by atoms with Crippen LogP contribution in [-0.2, 0) is 0 Å². The molecule has 0 bridgehead atoms. The average molecular weight is 472 g/mol. The van der Waals surface area contributed by atoms with Crippen LogP contribution in [0.25, 0.3) is 0 Å². The molecule has 5 heteroatoms. The third-order valence-corrected chi connectivity index (χ3v) is 6.56. The largest absolute Gasteiger partial charge is 0.254 e. The maximum atomic E-state index is 5.51. The van der Waals surface area contributed by atoms with Crippen molar-refractivity contribution in [2.75, 3.05) is 5.88 Å². The molecule has 0 fully saturated rings. The molecule has 0 unspecified atom stereocenters. The lowest BCUT2D eigenvalue weighted by Crippen LogP contribution is -2.04. The second-order valence-corrected chi connectivity index (χ2v) is 38.3. The van der Waals surface area contributed by atoms with Crippen LogP contribution in [0.1, 0.15) is 0 Å². The topological polar surface area (TPSA) is 0 Å². The van der Waals surface area contributed by atoms with E-state index in [0.717, 1.165) is 5.88 Å². The molecule has 7 heavy (non-hydrogen) atoms. The minimum atomic E-state index is -0.879. The number of halogens is 4. The van der Waals surface area contributed by atoms with Crippen molar-refractivity contribution in [3.05, 3.63) is 0 Å². The number of hydrogen-bond acceptors (Lipinski definition) is 0. The summed E-state index contributed by atoms with van der Waals surface area (Å²) in [6, 6.07) is 1.20. The van der Waals surface area contributed by atoms with Crippen molar-refractivity contribution in [2.24, 2.45) is 0 Å². The fraction of sp³-hybridized carbons (Fsp3) is 1.00. The van der Waals surface area contributed by atoms with Crippen LogP contribution < -0.4 is 0 Å². The first-order chi connectivity index (χ1) is 3.06. The van der Waals surface area contributed by atoms with Gasteiger partial charge in [0, 0.05) is 5.88 Å². The van der Waals surface area contributed by atoms with Gasteiger partial charge in [-0.15, -0.1) is 11.6 Å². The van der Waals surface area contributed by atoms with E-state index in [4.69, 9.17) is 11.6 Å². The van der Waals surface area contributed by atoms with Gasteiger partial charge in [0.2, 0.25) is 0 Å². The zero-order valence-corrected chi connectivity index (χ0v) is 11.7. The Morgan fingerprint density at radius 1 is 1.29 bits per heavy atom. The van der Waals surface area contributed by atoms with Crippen LogP contribution in [0.5, 0.6) is 0 Å². The molecule has 0 heterocycles. The van der Waals surface area contributed by atoms with Crippen molar-refractivity contribution in [1.82, 2.24) is 0 Å². The van der Waals surface area contributed by atoms with Gasteiger partial charge in [-0.3, -0.25) is 0 Å². The van der Waals surface area contributed by atoms with E-state index in [1.165, 1.54) is 6.04 Å². The van der Waals surface area contributed by atoms with Crippen LogP contribution in [0.15, 0.2) is 0 Å². The van der Waals surface area contributed by atoms with E-state index in [-0.39, 0.29) is 0 Å². The minimum absolute atomic E-state index is 0.820. The quantitative estimate of drug-likeness (QED) is 0.250. The molecule has 0 nitrogen and oxygen atoms in total. The molecule has 0 atom stereocenters. The maximum Gasteiger partial charge on any atom is 0.254 e. The molecule has 0 amide bonds. The predicted octanol–water partition coefficient (Wildman–Crippen LogP) is 3.47. The fourth-order valence-electron chi connectivity index (χ4n) is 0.107. The van der Waals surface area contributed by atoms with Crippen LogP contribution in [0.4, 0.5) is 0 Å². The third kappa shape index (κ3) is 8.70.